The van der Waals surface area contributed by atoms with Gasteiger partial charge in [-0.25, -0.2) is 0 Å². The number of aryl methyl sites for hydroxylation is 1. The van der Waals surface area contributed by atoms with Gasteiger partial charge in [0, 0.05) is 25.2 Å². The van der Waals surface area contributed by atoms with Crippen LogP contribution in [0.5, 0.6) is 0 Å². The van der Waals surface area contributed by atoms with Crippen molar-refractivity contribution in [2.24, 2.45) is 7.05 Å². The Morgan fingerprint density at radius 3 is 3.00 bits per heavy atom. The number of nitrogens with zero attached hydrogens (tertiary/aromatic N) is 5. The number of rotatable bonds is 5. The van der Waals surface area contributed by atoms with E-state index in [-0.39, 0.29) is 17.9 Å². The van der Waals surface area contributed by atoms with Gasteiger partial charge in [0.25, 0.3) is 0 Å². The quantitative estimate of drug-likeness (QED) is 0.902. The minimum atomic E-state index is -0.0841. The fraction of sp³-hybridized carbons (Fsp3) is 0.600. The van der Waals surface area contributed by atoms with Crippen LogP contribution in [0, 0.1) is 0 Å². The molecule has 0 aromatic carbocycles. The number of hydrogen-bond acceptors (Lipinski definition) is 6. The van der Waals surface area contributed by atoms with Gasteiger partial charge >= 0.3 is 0 Å². The third-order valence-corrected chi connectivity index (χ3v) is 3.95. The van der Waals surface area contributed by atoms with Crippen LogP contribution in [-0.4, -0.2) is 43.8 Å². The van der Waals surface area contributed by atoms with Crippen molar-refractivity contribution in [3.05, 3.63) is 24.0 Å². The number of aromatic nitrogens is 4. The normalized spacial score (nSPS) is 18.7. The van der Waals surface area contributed by atoms with Crippen LogP contribution in [0.4, 0.5) is 5.82 Å². The molecule has 8 nitrogen and oxygen atoms in total. The fourth-order valence-corrected chi connectivity index (χ4v) is 2.76. The molecule has 0 radical (unpaired) electrons. The summed E-state index contributed by atoms with van der Waals surface area (Å²) in [6, 6.07) is 1.79. The van der Waals surface area contributed by atoms with Crippen molar-refractivity contribution >= 4 is 11.7 Å². The molecule has 0 spiro atoms. The molecule has 0 unspecified atom stereocenters. The molecule has 0 saturated carbocycles. The average Bonchev–Trinajstić information content (AvgIpc) is 3.19. The van der Waals surface area contributed by atoms with E-state index in [9.17, 15) is 4.79 Å². The van der Waals surface area contributed by atoms with Gasteiger partial charge < -0.3 is 9.84 Å². The zero-order valence-electron chi connectivity index (χ0n) is 13.7. The van der Waals surface area contributed by atoms with Gasteiger partial charge in [0.2, 0.25) is 11.8 Å². The van der Waals surface area contributed by atoms with Crippen molar-refractivity contribution in [1.82, 2.24) is 24.8 Å². The molecule has 8 heteroatoms. The molecule has 2 aromatic rings. The Morgan fingerprint density at radius 1 is 1.52 bits per heavy atom. The number of anilines is 1. The summed E-state index contributed by atoms with van der Waals surface area (Å²) < 4.78 is 7.05. The molecule has 1 amide bonds. The number of carbonyl (C=O) groups excluding carboxylic acids is 1. The lowest BCUT2D eigenvalue weighted by molar-refractivity contribution is -0.117. The smallest absolute Gasteiger partial charge is 0.244 e. The summed E-state index contributed by atoms with van der Waals surface area (Å²) in [5.41, 5.74) is 0. The maximum Gasteiger partial charge on any atom is 0.244 e. The molecule has 0 aliphatic carbocycles. The summed E-state index contributed by atoms with van der Waals surface area (Å²) in [5, 5.41) is 11.0. The van der Waals surface area contributed by atoms with Gasteiger partial charge in [-0.05, 0) is 19.4 Å². The minimum absolute atomic E-state index is 0.0180. The third-order valence-electron chi connectivity index (χ3n) is 3.95. The van der Waals surface area contributed by atoms with E-state index in [4.69, 9.17) is 4.52 Å². The molecule has 3 rings (SSSR count). The second-order valence-corrected chi connectivity index (χ2v) is 6.20. The van der Waals surface area contributed by atoms with Crippen LogP contribution in [0.2, 0.25) is 0 Å². The van der Waals surface area contributed by atoms with Gasteiger partial charge in [-0.1, -0.05) is 19.0 Å². The molecule has 3 heterocycles. The number of hydrogen-bond donors (Lipinski definition) is 1. The number of likely N-dealkylation sites (tertiary alicyclic amines) is 1. The Kier molecular flexibility index (Phi) is 4.42. The monoisotopic (exact) mass is 318 g/mol. The van der Waals surface area contributed by atoms with Crippen molar-refractivity contribution in [2.75, 3.05) is 18.4 Å². The first kappa shape index (κ1) is 15.7. The lowest BCUT2D eigenvalue weighted by Gasteiger charge is -2.20. The van der Waals surface area contributed by atoms with E-state index in [1.54, 1.807) is 16.9 Å². The Labute approximate surface area is 134 Å². The minimum Gasteiger partial charge on any atom is -0.338 e. The molecule has 23 heavy (non-hydrogen) atoms. The zero-order valence-corrected chi connectivity index (χ0v) is 13.7. The van der Waals surface area contributed by atoms with E-state index in [0.717, 1.165) is 19.4 Å². The summed E-state index contributed by atoms with van der Waals surface area (Å²) in [7, 11) is 1.81. The highest BCUT2D eigenvalue weighted by Crippen LogP contribution is 2.31. The predicted molar refractivity (Wildman–Crippen MR) is 83.8 cm³/mol. The van der Waals surface area contributed by atoms with E-state index >= 15 is 0 Å². The van der Waals surface area contributed by atoms with Crippen LogP contribution in [0.15, 0.2) is 16.8 Å². The molecule has 2 aromatic heterocycles. The number of amides is 1. The Bertz CT molecular complexity index is 677. The van der Waals surface area contributed by atoms with Crippen LogP contribution in [0.3, 0.4) is 0 Å². The maximum absolute atomic E-state index is 12.2. The van der Waals surface area contributed by atoms with E-state index in [1.165, 1.54) is 0 Å². The highest BCUT2D eigenvalue weighted by atomic mass is 16.5. The Balaban J connectivity index is 1.63. The Morgan fingerprint density at radius 2 is 2.35 bits per heavy atom. The largest absolute Gasteiger partial charge is 0.338 e. The van der Waals surface area contributed by atoms with Crippen LogP contribution >= 0.6 is 0 Å². The number of nitrogens with one attached hydrogen (secondary N) is 1. The summed E-state index contributed by atoms with van der Waals surface area (Å²) in [5.74, 6) is 2.03. The topological polar surface area (TPSA) is 89.1 Å². The number of carbonyl (C=O) groups is 1. The molecule has 0 bridgehead atoms. The highest BCUT2D eigenvalue weighted by molar-refractivity contribution is 5.91. The predicted octanol–water partition coefficient (Wildman–Crippen LogP) is 1.70. The van der Waals surface area contributed by atoms with Crippen LogP contribution in [0.25, 0.3) is 0 Å². The summed E-state index contributed by atoms with van der Waals surface area (Å²) in [6.45, 7) is 5.20. The molecule has 1 aliphatic rings. The summed E-state index contributed by atoms with van der Waals surface area (Å²) in [4.78, 5) is 18.7. The van der Waals surface area contributed by atoms with Crippen molar-refractivity contribution in [2.45, 2.75) is 38.6 Å². The molecule has 1 saturated heterocycles. The lowest BCUT2D eigenvalue weighted by atomic mass is 10.2. The molecule has 1 aliphatic heterocycles. The highest BCUT2D eigenvalue weighted by Gasteiger charge is 2.32. The van der Waals surface area contributed by atoms with Gasteiger partial charge in [-0.15, -0.1) is 0 Å². The maximum atomic E-state index is 12.2. The molecule has 1 atom stereocenters. The van der Waals surface area contributed by atoms with Crippen LogP contribution in [-0.2, 0) is 11.8 Å². The summed E-state index contributed by atoms with van der Waals surface area (Å²) in [6.07, 6.45) is 3.73. The fourth-order valence-electron chi connectivity index (χ4n) is 2.76. The van der Waals surface area contributed by atoms with E-state index in [1.807, 2.05) is 20.9 Å². The molecular weight excluding hydrogens is 296 g/mol. The molecular formula is C15H22N6O2. The average molecular weight is 318 g/mol. The van der Waals surface area contributed by atoms with E-state index in [2.05, 4.69) is 25.5 Å². The first-order chi connectivity index (χ1) is 11.0. The van der Waals surface area contributed by atoms with Crippen molar-refractivity contribution in [1.29, 1.82) is 0 Å². The first-order valence-corrected chi connectivity index (χ1v) is 7.90. The van der Waals surface area contributed by atoms with E-state index in [0.29, 0.717) is 24.1 Å². The van der Waals surface area contributed by atoms with Crippen LogP contribution < -0.4 is 5.32 Å². The standard InChI is InChI=1S/C15H22N6O2/c1-10(2)14-17-15(23-19-14)11-5-4-7-21(11)9-13(22)16-12-6-8-20(3)18-12/h6,8,10-11H,4-5,7,9H2,1-3H3,(H,16,18,22)/t11-/m0/s1. The Hall–Kier alpha value is -2.22. The SMILES string of the molecule is CC(C)c1noc([C@@H]2CCCN2CC(=O)Nc2ccn(C)n2)n1. The van der Waals surface area contributed by atoms with Gasteiger partial charge in [0.1, 0.15) is 0 Å². The van der Waals surface area contributed by atoms with Gasteiger partial charge in [0.15, 0.2) is 11.6 Å². The second kappa shape index (κ2) is 6.49. The molecule has 1 N–H and O–H groups in total. The summed E-state index contributed by atoms with van der Waals surface area (Å²) >= 11 is 0. The van der Waals surface area contributed by atoms with E-state index < -0.39 is 0 Å². The zero-order chi connectivity index (χ0) is 16.4. The second-order valence-electron chi connectivity index (χ2n) is 6.20. The lowest BCUT2D eigenvalue weighted by Crippen LogP contribution is -2.33. The van der Waals surface area contributed by atoms with Crippen molar-refractivity contribution < 1.29 is 9.32 Å². The van der Waals surface area contributed by atoms with Gasteiger partial charge in [0.05, 0.1) is 12.6 Å². The molecule has 1 fully saturated rings. The molecule has 124 valence electrons. The van der Waals surface area contributed by atoms with Gasteiger partial charge in [-0.2, -0.15) is 10.1 Å². The van der Waals surface area contributed by atoms with Gasteiger partial charge in [-0.3, -0.25) is 14.4 Å². The first-order valence-electron chi connectivity index (χ1n) is 7.90. The van der Waals surface area contributed by atoms with Crippen molar-refractivity contribution in [3.63, 3.8) is 0 Å². The van der Waals surface area contributed by atoms with Crippen molar-refractivity contribution in [3.8, 4) is 0 Å². The van der Waals surface area contributed by atoms with Crippen LogP contribution in [0.1, 0.15) is 50.4 Å². The third kappa shape index (κ3) is 3.58.